The van der Waals surface area contributed by atoms with Crippen LogP contribution in [0.25, 0.3) is 0 Å². The number of benzene rings is 1. The number of hydrogen-bond acceptors (Lipinski definition) is 2. The predicted octanol–water partition coefficient (Wildman–Crippen LogP) is 3.45. The second kappa shape index (κ2) is 5.56. The van der Waals surface area contributed by atoms with Crippen molar-refractivity contribution in [3.8, 4) is 0 Å². The molecule has 1 unspecified atom stereocenters. The van der Waals surface area contributed by atoms with Crippen molar-refractivity contribution in [2.45, 2.75) is 18.9 Å². The van der Waals surface area contributed by atoms with Gasteiger partial charge in [0.25, 0.3) is 0 Å². The van der Waals surface area contributed by atoms with E-state index in [0.29, 0.717) is 6.04 Å². The van der Waals surface area contributed by atoms with Crippen LogP contribution in [0.5, 0.6) is 0 Å². The fraction of sp³-hybridized carbons (Fsp3) is 0.500. The van der Waals surface area contributed by atoms with E-state index in [1.807, 2.05) is 12.1 Å². The molecule has 1 aliphatic heterocycles. The van der Waals surface area contributed by atoms with Crippen LogP contribution in [0.3, 0.4) is 0 Å². The summed E-state index contributed by atoms with van der Waals surface area (Å²) in [6.45, 7) is 2.34. The summed E-state index contributed by atoms with van der Waals surface area (Å²) in [5, 5.41) is 4.40. The summed E-state index contributed by atoms with van der Waals surface area (Å²) < 4.78 is 1.19. The van der Waals surface area contributed by atoms with Crippen LogP contribution in [0.4, 0.5) is 5.69 Å². The summed E-state index contributed by atoms with van der Waals surface area (Å²) in [5.41, 5.74) is 1.20. The molecule has 16 heavy (non-hydrogen) atoms. The summed E-state index contributed by atoms with van der Waals surface area (Å²) in [6.07, 6.45) is 2.53. The number of likely N-dealkylation sites (tertiary alicyclic amines) is 1. The van der Waals surface area contributed by atoms with Crippen molar-refractivity contribution >= 4 is 39.9 Å². The zero-order chi connectivity index (χ0) is 11.5. The van der Waals surface area contributed by atoms with Gasteiger partial charge in [-0.05, 0) is 67.2 Å². The summed E-state index contributed by atoms with van der Waals surface area (Å²) in [7, 11) is 2.18. The minimum atomic E-state index is 0.563. The van der Waals surface area contributed by atoms with Crippen molar-refractivity contribution < 1.29 is 0 Å². The van der Waals surface area contributed by atoms with E-state index in [4.69, 9.17) is 11.6 Å². The number of nitrogens with one attached hydrogen (secondary N) is 1. The molecule has 2 rings (SSSR count). The van der Waals surface area contributed by atoms with Gasteiger partial charge in [0.15, 0.2) is 0 Å². The topological polar surface area (TPSA) is 15.3 Å². The normalized spacial score (nSPS) is 22.1. The van der Waals surface area contributed by atoms with Crippen LogP contribution in [-0.4, -0.2) is 31.1 Å². The molecule has 0 spiro atoms. The monoisotopic (exact) mass is 350 g/mol. The smallest absolute Gasteiger partial charge is 0.0479 e. The number of hydrogen-bond donors (Lipinski definition) is 1. The minimum Gasteiger partial charge on any atom is -0.380 e. The van der Waals surface area contributed by atoms with Crippen LogP contribution in [-0.2, 0) is 0 Å². The number of likely N-dealkylation sites (N-methyl/N-ethyl adjacent to an activating group) is 1. The SMILES string of the molecule is CN1CCCC(Nc2ccc(Cl)cc2I)C1. The van der Waals surface area contributed by atoms with Gasteiger partial charge >= 0.3 is 0 Å². The van der Waals surface area contributed by atoms with E-state index in [-0.39, 0.29) is 0 Å². The molecular formula is C12H16ClIN2. The van der Waals surface area contributed by atoms with Crippen LogP contribution in [0.2, 0.25) is 5.02 Å². The molecule has 1 aromatic rings. The maximum atomic E-state index is 5.94. The average molecular weight is 351 g/mol. The van der Waals surface area contributed by atoms with Crippen LogP contribution in [0.15, 0.2) is 18.2 Å². The first-order chi connectivity index (χ1) is 7.65. The van der Waals surface area contributed by atoms with E-state index in [2.05, 4.69) is 45.9 Å². The molecule has 88 valence electrons. The molecule has 1 aromatic carbocycles. The zero-order valence-corrected chi connectivity index (χ0v) is 12.3. The molecule has 0 aliphatic carbocycles. The van der Waals surface area contributed by atoms with Crippen molar-refractivity contribution in [1.29, 1.82) is 0 Å². The number of piperidine rings is 1. The third-order valence-electron chi connectivity index (χ3n) is 2.92. The lowest BCUT2D eigenvalue weighted by Crippen LogP contribution is -2.39. The Morgan fingerprint density at radius 2 is 2.31 bits per heavy atom. The minimum absolute atomic E-state index is 0.563. The summed E-state index contributed by atoms with van der Waals surface area (Å²) in [5.74, 6) is 0. The van der Waals surface area contributed by atoms with Crippen molar-refractivity contribution in [2.75, 3.05) is 25.5 Å². The fourth-order valence-electron chi connectivity index (χ4n) is 2.11. The molecule has 0 radical (unpaired) electrons. The fourth-order valence-corrected chi connectivity index (χ4v) is 3.14. The third-order valence-corrected chi connectivity index (χ3v) is 4.04. The highest BCUT2D eigenvalue weighted by molar-refractivity contribution is 14.1. The first kappa shape index (κ1) is 12.5. The number of rotatable bonds is 2. The Hall–Kier alpha value is -0.000000000000000111. The zero-order valence-electron chi connectivity index (χ0n) is 9.34. The van der Waals surface area contributed by atoms with Gasteiger partial charge < -0.3 is 10.2 Å². The van der Waals surface area contributed by atoms with Gasteiger partial charge in [0.2, 0.25) is 0 Å². The van der Waals surface area contributed by atoms with Gasteiger partial charge in [0, 0.05) is 26.9 Å². The molecular weight excluding hydrogens is 335 g/mol. The Labute approximate surface area is 115 Å². The van der Waals surface area contributed by atoms with E-state index in [1.54, 1.807) is 0 Å². The maximum absolute atomic E-state index is 5.94. The van der Waals surface area contributed by atoms with Crippen LogP contribution >= 0.6 is 34.2 Å². The first-order valence-corrected chi connectivity index (χ1v) is 7.01. The van der Waals surface area contributed by atoms with Crippen molar-refractivity contribution in [2.24, 2.45) is 0 Å². The van der Waals surface area contributed by atoms with Gasteiger partial charge in [-0.25, -0.2) is 0 Å². The van der Waals surface area contributed by atoms with Gasteiger partial charge in [-0.3, -0.25) is 0 Å². The molecule has 1 saturated heterocycles. The molecule has 0 saturated carbocycles. The molecule has 1 heterocycles. The van der Waals surface area contributed by atoms with Gasteiger partial charge in [-0.15, -0.1) is 0 Å². The lowest BCUT2D eigenvalue weighted by Gasteiger charge is -2.31. The predicted molar refractivity (Wildman–Crippen MR) is 78.3 cm³/mol. The van der Waals surface area contributed by atoms with Crippen molar-refractivity contribution in [3.63, 3.8) is 0 Å². The summed E-state index contributed by atoms with van der Waals surface area (Å²) >= 11 is 8.27. The largest absolute Gasteiger partial charge is 0.380 e. The molecule has 1 fully saturated rings. The molecule has 2 nitrogen and oxygen atoms in total. The van der Waals surface area contributed by atoms with Crippen LogP contribution in [0, 0.1) is 3.57 Å². The van der Waals surface area contributed by atoms with E-state index in [9.17, 15) is 0 Å². The molecule has 4 heteroatoms. The molecule has 0 bridgehead atoms. The van der Waals surface area contributed by atoms with Crippen LogP contribution in [0.1, 0.15) is 12.8 Å². The van der Waals surface area contributed by atoms with E-state index in [0.717, 1.165) is 11.6 Å². The molecule has 1 N–H and O–H groups in total. The average Bonchev–Trinajstić information content (AvgIpc) is 2.22. The van der Waals surface area contributed by atoms with Crippen molar-refractivity contribution in [1.82, 2.24) is 4.90 Å². The lowest BCUT2D eigenvalue weighted by molar-refractivity contribution is 0.261. The van der Waals surface area contributed by atoms with Crippen LogP contribution < -0.4 is 5.32 Å². The second-order valence-corrected chi connectivity index (χ2v) is 5.97. The molecule has 1 atom stereocenters. The van der Waals surface area contributed by atoms with Gasteiger partial charge in [-0.2, -0.15) is 0 Å². The molecule has 0 aromatic heterocycles. The van der Waals surface area contributed by atoms with Gasteiger partial charge in [0.1, 0.15) is 0 Å². The number of halogens is 2. The first-order valence-electron chi connectivity index (χ1n) is 5.55. The van der Waals surface area contributed by atoms with E-state index < -0.39 is 0 Å². The highest BCUT2D eigenvalue weighted by Crippen LogP contribution is 2.24. The van der Waals surface area contributed by atoms with E-state index in [1.165, 1.54) is 28.6 Å². The van der Waals surface area contributed by atoms with E-state index >= 15 is 0 Å². The Balaban J connectivity index is 2.02. The summed E-state index contributed by atoms with van der Waals surface area (Å²) in [6, 6.07) is 6.57. The van der Waals surface area contributed by atoms with Gasteiger partial charge in [0.05, 0.1) is 0 Å². The number of anilines is 1. The second-order valence-electron chi connectivity index (χ2n) is 4.37. The molecule has 0 amide bonds. The third kappa shape index (κ3) is 3.25. The van der Waals surface area contributed by atoms with Crippen molar-refractivity contribution in [3.05, 3.63) is 26.8 Å². The molecule has 1 aliphatic rings. The standard InChI is InChI=1S/C12H16ClIN2/c1-16-6-2-3-10(8-16)15-12-5-4-9(13)7-11(12)14/h4-5,7,10,15H,2-3,6,8H2,1H3. The maximum Gasteiger partial charge on any atom is 0.0479 e. The Bertz CT molecular complexity index is 370. The lowest BCUT2D eigenvalue weighted by atomic mass is 10.1. The highest BCUT2D eigenvalue weighted by atomic mass is 127. The quantitative estimate of drug-likeness (QED) is 0.822. The number of nitrogens with zero attached hydrogens (tertiary/aromatic N) is 1. The Morgan fingerprint density at radius 3 is 3.00 bits per heavy atom. The Morgan fingerprint density at radius 1 is 1.50 bits per heavy atom. The highest BCUT2D eigenvalue weighted by Gasteiger charge is 2.17. The van der Waals surface area contributed by atoms with Gasteiger partial charge in [-0.1, -0.05) is 11.6 Å². The summed E-state index contributed by atoms with van der Waals surface area (Å²) in [4.78, 5) is 2.38. The Kier molecular flexibility index (Phi) is 4.33.